The first-order chi connectivity index (χ1) is 18.2. The summed E-state index contributed by atoms with van der Waals surface area (Å²) in [7, 11) is 0. The van der Waals surface area contributed by atoms with Gasteiger partial charge in [0, 0.05) is 12.1 Å². The summed E-state index contributed by atoms with van der Waals surface area (Å²) >= 11 is 0.861. The van der Waals surface area contributed by atoms with Crippen molar-refractivity contribution in [1.29, 1.82) is 0 Å². The Morgan fingerprint density at radius 3 is 2.53 bits per heavy atom. The Kier molecular flexibility index (Phi) is 7.58. The number of aryl methyl sites for hydroxylation is 1. The molecule has 1 aromatic heterocycles. The van der Waals surface area contributed by atoms with Crippen molar-refractivity contribution in [2.75, 3.05) is 11.5 Å². The molecule has 4 rings (SSSR count). The van der Waals surface area contributed by atoms with E-state index in [2.05, 4.69) is 11.6 Å². The number of nitro benzene ring substituents is 1. The number of aliphatic hydroxyl groups is 1. The van der Waals surface area contributed by atoms with Gasteiger partial charge in [-0.2, -0.15) is 0 Å². The number of aliphatic hydroxyl groups excluding tert-OH is 1. The molecule has 10 nitrogen and oxygen atoms in total. The number of hydrogen-bond donors (Lipinski definition) is 1. The number of non-ortho nitro benzene ring substituents is 1. The summed E-state index contributed by atoms with van der Waals surface area (Å²) in [5.74, 6) is -2.97. The van der Waals surface area contributed by atoms with Crippen molar-refractivity contribution in [1.82, 2.24) is 4.98 Å². The zero-order valence-electron chi connectivity index (χ0n) is 20.1. The van der Waals surface area contributed by atoms with E-state index < -0.39 is 34.4 Å². The minimum absolute atomic E-state index is 0.0195. The fourth-order valence-electron chi connectivity index (χ4n) is 3.85. The predicted molar refractivity (Wildman–Crippen MR) is 141 cm³/mol. The molecule has 0 aliphatic carbocycles. The molecule has 0 saturated heterocycles. The molecule has 0 bridgehead atoms. The van der Waals surface area contributed by atoms with E-state index in [0.717, 1.165) is 21.8 Å². The molecule has 38 heavy (non-hydrogen) atoms. The normalized spacial score (nSPS) is 15.2. The second kappa shape index (κ2) is 11.0. The molecule has 1 N–H and O–H groups in total. The largest absolute Gasteiger partial charge is 0.503 e. The second-order valence-electron chi connectivity index (χ2n) is 8.09. The molecule has 2 heterocycles. The number of carbonyl (C=O) groups is 3. The summed E-state index contributed by atoms with van der Waals surface area (Å²) in [6.07, 6.45) is 4.19. The highest BCUT2D eigenvalue weighted by molar-refractivity contribution is 7.17. The lowest BCUT2D eigenvalue weighted by molar-refractivity contribution is -0.384. The standard InChI is InChI=1S/C27H21N3O7S/c1-3-15-37-26(34)24-16(2)28-27(38-24)29-22(18-10-12-19(13-11-18)30(35)36)21(23(32)25(29)33)20(31)14-9-17-7-5-4-6-8-17/h3-14,22,32H,1,15H2,2H3/b14-9+. The monoisotopic (exact) mass is 531 g/mol. The van der Waals surface area contributed by atoms with Crippen molar-refractivity contribution in [3.05, 3.63) is 116 Å². The number of aromatic nitrogens is 1. The van der Waals surface area contributed by atoms with E-state index in [-0.39, 0.29) is 33.6 Å². The van der Waals surface area contributed by atoms with Crippen molar-refractivity contribution in [2.24, 2.45) is 0 Å². The van der Waals surface area contributed by atoms with Crippen LogP contribution >= 0.6 is 11.3 Å². The molecule has 0 radical (unpaired) electrons. The minimum atomic E-state index is -1.15. The molecular formula is C27H21N3O7S. The van der Waals surface area contributed by atoms with Gasteiger partial charge in [-0.25, -0.2) is 9.78 Å². The average molecular weight is 532 g/mol. The molecule has 0 fully saturated rings. The van der Waals surface area contributed by atoms with Crippen molar-refractivity contribution >= 4 is 45.9 Å². The van der Waals surface area contributed by atoms with Gasteiger partial charge in [0.1, 0.15) is 11.5 Å². The SMILES string of the molecule is C=CCOC(=O)c1sc(N2C(=O)C(O)=C(C(=O)/C=C/c3ccccc3)C2c2ccc([N+](=O)[O-])cc2)nc1C. The van der Waals surface area contributed by atoms with Gasteiger partial charge in [0.15, 0.2) is 16.7 Å². The second-order valence-corrected chi connectivity index (χ2v) is 9.07. The highest BCUT2D eigenvalue weighted by Crippen LogP contribution is 2.43. The molecule has 192 valence electrons. The maximum absolute atomic E-state index is 13.3. The topological polar surface area (TPSA) is 140 Å². The molecule has 1 amide bonds. The number of benzene rings is 2. The number of amides is 1. The highest BCUT2D eigenvalue weighted by atomic mass is 32.1. The van der Waals surface area contributed by atoms with Crippen LogP contribution in [0.1, 0.15) is 32.5 Å². The lowest BCUT2D eigenvalue weighted by Crippen LogP contribution is -2.30. The van der Waals surface area contributed by atoms with Gasteiger partial charge in [-0.05, 0) is 36.3 Å². The van der Waals surface area contributed by atoms with Gasteiger partial charge in [0.2, 0.25) is 0 Å². The van der Waals surface area contributed by atoms with E-state index in [1.807, 2.05) is 6.07 Å². The van der Waals surface area contributed by atoms with Crippen molar-refractivity contribution < 1.29 is 29.2 Å². The Balaban J connectivity index is 1.78. The fraction of sp³-hybridized carbons (Fsp3) is 0.111. The van der Waals surface area contributed by atoms with E-state index in [9.17, 15) is 29.6 Å². The number of rotatable bonds is 9. The van der Waals surface area contributed by atoms with Crippen LogP contribution in [0, 0.1) is 17.0 Å². The molecule has 0 spiro atoms. The number of ketones is 1. The van der Waals surface area contributed by atoms with Gasteiger partial charge >= 0.3 is 5.97 Å². The zero-order valence-corrected chi connectivity index (χ0v) is 20.9. The number of carbonyl (C=O) groups excluding carboxylic acids is 3. The molecule has 1 aliphatic heterocycles. The summed E-state index contributed by atoms with van der Waals surface area (Å²) in [6.45, 7) is 5.04. The first-order valence-corrected chi connectivity index (χ1v) is 12.1. The zero-order chi connectivity index (χ0) is 27.4. The number of nitro groups is 1. The maximum Gasteiger partial charge on any atom is 0.350 e. The third-order valence-electron chi connectivity index (χ3n) is 5.63. The van der Waals surface area contributed by atoms with E-state index in [1.54, 1.807) is 37.3 Å². The van der Waals surface area contributed by atoms with Gasteiger partial charge < -0.3 is 9.84 Å². The summed E-state index contributed by atoms with van der Waals surface area (Å²) in [5, 5.41) is 22.0. The van der Waals surface area contributed by atoms with Crippen LogP contribution in [0.2, 0.25) is 0 Å². The van der Waals surface area contributed by atoms with Crippen molar-refractivity contribution in [3.63, 3.8) is 0 Å². The van der Waals surface area contributed by atoms with Crippen LogP contribution in [0.5, 0.6) is 0 Å². The van der Waals surface area contributed by atoms with E-state index in [4.69, 9.17) is 4.74 Å². The molecule has 3 aromatic rings. The van der Waals surface area contributed by atoms with Crippen LogP contribution < -0.4 is 4.90 Å². The fourth-order valence-corrected chi connectivity index (χ4v) is 4.84. The predicted octanol–water partition coefficient (Wildman–Crippen LogP) is 4.89. The summed E-state index contributed by atoms with van der Waals surface area (Å²) in [5.41, 5.74) is 0.935. The Hall–Kier alpha value is -4.90. The molecule has 1 atom stereocenters. The lowest BCUT2D eigenvalue weighted by Gasteiger charge is -2.24. The van der Waals surface area contributed by atoms with Crippen molar-refractivity contribution in [3.8, 4) is 0 Å². The molecule has 1 unspecified atom stereocenters. The number of hydrogen-bond acceptors (Lipinski definition) is 9. The molecule has 11 heteroatoms. The number of anilines is 1. The molecular weight excluding hydrogens is 510 g/mol. The van der Waals surface area contributed by atoms with Crippen LogP contribution in [0.15, 0.2) is 84.7 Å². The molecule has 1 aliphatic rings. The summed E-state index contributed by atoms with van der Waals surface area (Å²) in [4.78, 5) is 55.2. The van der Waals surface area contributed by atoms with Crippen LogP contribution in [-0.2, 0) is 14.3 Å². The van der Waals surface area contributed by atoms with Crippen LogP contribution in [0.3, 0.4) is 0 Å². The summed E-state index contributed by atoms with van der Waals surface area (Å²) < 4.78 is 5.09. The first kappa shape index (κ1) is 26.2. The lowest BCUT2D eigenvalue weighted by atomic mass is 9.95. The van der Waals surface area contributed by atoms with Gasteiger partial charge in [-0.15, -0.1) is 0 Å². The third kappa shape index (κ3) is 5.13. The molecule has 0 saturated carbocycles. The summed E-state index contributed by atoms with van der Waals surface area (Å²) in [6, 6.07) is 13.1. The Bertz CT molecular complexity index is 1490. The van der Waals surface area contributed by atoms with Crippen LogP contribution in [0.25, 0.3) is 6.08 Å². The van der Waals surface area contributed by atoms with Gasteiger partial charge in [0.05, 0.1) is 22.2 Å². The van der Waals surface area contributed by atoms with E-state index in [1.165, 1.54) is 36.4 Å². The third-order valence-corrected chi connectivity index (χ3v) is 6.77. The Labute approximate surface area is 221 Å². The number of ether oxygens (including phenoxy) is 1. The number of thiazole rings is 1. The van der Waals surface area contributed by atoms with Gasteiger partial charge in [-0.3, -0.25) is 24.6 Å². The van der Waals surface area contributed by atoms with Crippen LogP contribution in [-0.4, -0.2) is 39.3 Å². The number of nitrogens with zero attached hydrogens (tertiary/aromatic N) is 3. The highest BCUT2D eigenvalue weighted by Gasteiger charge is 2.45. The van der Waals surface area contributed by atoms with Gasteiger partial charge in [0.25, 0.3) is 11.6 Å². The van der Waals surface area contributed by atoms with Gasteiger partial charge in [-0.1, -0.05) is 60.4 Å². The molecule has 2 aromatic carbocycles. The quantitative estimate of drug-likeness (QED) is 0.135. The Morgan fingerprint density at radius 1 is 1.21 bits per heavy atom. The maximum atomic E-state index is 13.3. The first-order valence-electron chi connectivity index (χ1n) is 11.3. The smallest absolute Gasteiger partial charge is 0.350 e. The van der Waals surface area contributed by atoms with E-state index in [0.29, 0.717) is 5.56 Å². The number of allylic oxidation sites excluding steroid dienone is 1. The van der Waals surface area contributed by atoms with E-state index >= 15 is 0 Å². The van der Waals surface area contributed by atoms with Crippen molar-refractivity contribution in [2.45, 2.75) is 13.0 Å². The number of esters is 1. The Morgan fingerprint density at radius 2 is 1.89 bits per heavy atom. The minimum Gasteiger partial charge on any atom is -0.503 e. The van der Waals surface area contributed by atoms with Crippen LogP contribution in [0.4, 0.5) is 10.8 Å². The average Bonchev–Trinajstić information content (AvgIpc) is 3.43.